The molecule has 3 rings (SSSR count). The van der Waals surface area contributed by atoms with E-state index in [2.05, 4.69) is 4.74 Å². The van der Waals surface area contributed by atoms with Crippen molar-refractivity contribution >= 4 is 35.4 Å². The van der Waals surface area contributed by atoms with E-state index in [1.165, 1.54) is 36.4 Å². The number of alkyl halides is 3. The van der Waals surface area contributed by atoms with Crippen LogP contribution in [-0.4, -0.2) is 37.5 Å². The molecular formula is C26H21F3N2O7. The molecule has 0 spiro atoms. The van der Waals surface area contributed by atoms with Crippen LogP contribution in [-0.2, 0) is 14.3 Å². The largest absolute Gasteiger partial charge is 0.573 e. The number of nitrogen functional groups attached to an aromatic ring is 2. The summed E-state index contributed by atoms with van der Waals surface area (Å²) in [7, 11) is 0. The maximum atomic E-state index is 12.2. The molecule has 198 valence electrons. The molecule has 0 radical (unpaired) electrons. The first-order valence-corrected chi connectivity index (χ1v) is 10.8. The Morgan fingerprint density at radius 2 is 1.32 bits per heavy atom. The molecule has 0 amide bonds. The molecule has 38 heavy (non-hydrogen) atoms. The number of esters is 3. The summed E-state index contributed by atoms with van der Waals surface area (Å²) in [6.45, 7) is -0.351. The van der Waals surface area contributed by atoms with E-state index in [1.807, 2.05) is 0 Å². The summed E-state index contributed by atoms with van der Waals surface area (Å²) >= 11 is 0. The van der Waals surface area contributed by atoms with Crippen molar-refractivity contribution in [2.24, 2.45) is 0 Å². The molecule has 0 unspecified atom stereocenters. The zero-order valence-corrected chi connectivity index (χ0v) is 19.6. The number of hydrogen-bond acceptors (Lipinski definition) is 9. The van der Waals surface area contributed by atoms with Crippen molar-refractivity contribution in [3.63, 3.8) is 0 Å². The molecule has 0 aliphatic carbocycles. The number of rotatable bonds is 9. The van der Waals surface area contributed by atoms with Gasteiger partial charge < -0.3 is 30.4 Å². The quantitative estimate of drug-likeness (QED) is 0.136. The standard InChI is InChI=1S/C26H21F3N2O7/c27-26(28,29)38-22-8-4-17(5-9-22)25(34)37-21-6-1-16(2-7-21)3-10-23(32)35-11-12-36-24(33)18-13-19(30)15-20(31)14-18/h1-10,13-15H,11-12,30-31H2. The van der Waals surface area contributed by atoms with Crippen molar-refractivity contribution in [2.75, 3.05) is 24.7 Å². The SMILES string of the molecule is Nc1cc(N)cc(C(=O)OCCOC(=O)C=Cc2ccc(OC(=O)c3ccc(OC(F)(F)F)cc3)cc2)c1. The number of carbonyl (C=O) groups excluding carboxylic acids is 3. The second-order valence-electron chi connectivity index (χ2n) is 7.56. The molecule has 0 atom stereocenters. The summed E-state index contributed by atoms with van der Waals surface area (Å²) in [4.78, 5) is 36.0. The molecule has 0 heterocycles. The summed E-state index contributed by atoms with van der Waals surface area (Å²) in [6.07, 6.45) is -2.22. The molecule has 0 saturated carbocycles. The van der Waals surface area contributed by atoms with Gasteiger partial charge in [0.1, 0.15) is 24.7 Å². The third kappa shape index (κ3) is 8.90. The molecule has 0 aliphatic heterocycles. The average molecular weight is 530 g/mol. The number of ether oxygens (including phenoxy) is 4. The van der Waals surface area contributed by atoms with Crippen molar-refractivity contribution in [3.8, 4) is 11.5 Å². The van der Waals surface area contributed by atoms with E-state index in [0.29, 0.717) is 16.9 Å². The van der Waals surface area contributed by atoms with Gasteiger partial charge in [-0.3, -0.25) is 0 Å². The predicted octanol–water partition coefficient (Wildman–Crippen LogP) is 4.38. The lowest BCUT2D eigenvalue weighted by Gasteiger charge is -2.09. The summed E-state index contributed by atoms with van der Waals surface area (Å²) in [5, 5.41) is 0. The molecule has 0 aromatic heterocycles. The number of hydrogen-bond donors (Lipinski definition) is 2. The lowest BCUT2D eigenvalue weighted by atomic mass is 10.2. The third-order valence-electron chi connectivity index (χ3n) is 4.60. The van der Waals surface area contributed by atoms with Gasteiger partial charge in [0.15, 0.2) is 0 Å². The van der Waals surface area contributed by atoms with E-state index in [1.54, 1.807) is 12.1 Å². The fraction of sp³-hybridized carbons (Fsp3) is 0.115. The van der Waals surface area contributed by atoms with Crippen molar-refractivity contribution in [1.29, 1.82) is 0 Å². The van der Waals surface area contributed by atoms with Crippen molar-refractivity contribution < 1.29 is 46.5 Å². The Kier molecular flexibility index (Phi) is 8.93. The molecular weight excluding hydrogens is 509 g/mol. The smallest absolute Gasteiger partial charge is 0.459 e. The Morgan fingerprint density at radius 3 is 1.92 bits per heavy atom. The van der Waals surface area contributed by atoms with E-state index in [9.17, 15) is 27.6 Å². The molecule has 9 nitrogen and oxygen atoms in total. The molecule has 0 saturated heterocycles. The van der Waals surface area contributed by atoms with Gasteiger partial charge in [-0.1, -0.05) is 12.1 Å². The lowest BCUT2D eigenvalue weighted by molar-refractivity contribution is -0.274. The van der Waals surface area contributed by atoms with Gasteiger partial charge in [-0.05, 0) is 66.2 Å². The van der Waals surface area contributed by atoms with Gasteiger partial charge in [-0.2, -0.15) is 0 Å². The molecule has 0 aliphatic rings. The van der Waals surface area contributed by atoms with Gasteiger partial charge in [0.05, 0.1) is 11.1 Å². The van der Waals surface area contributed by atoms with Crippen LogP contribution < -0.4 is 20.9 Å². The van der Waals surface area contributed by atoms with Gasteiger partial charge in [0.2, 0.25) is 0 Å². The summed E-state index contributed by atoms with van der Waals surface area (Å²) < 4.78 is 55.6. The Morgan fingerprint density at radius 1 is 0.737 bits per heavy atom. The van der Waals surface area contributed by atoms with Crippen LogP contribution in [0.5, 0.6) is 11.5 Å². The van der Waals surface area contributed by atoms with Crippen LogP contribution in [0, 0.1) is 0 Å². The van der Waals surface area contributed by atoms with Crippen LogP contribution in [0.3, 0.4) is 0 Å². The molecule has 12 heteroatoms. The van der Waals surface area contributed by atoms with Crippen LogP contribution in [0.2, 0.25) is 0 Å². The summed E-state index contributed by atoms with van der Waals surface area (Å²) in [6, 6.07) is 14.6. The van der Waals surface area contributed by atoms with Crippen LogP contribution >= 0.6 is 0 Å². The zero-order chi connectivity index (χ0) is 27.7. The Labute approximate surface area is 214 Å². The third-order valence-corrected chi connectivity index (χ3v) is 4.60. The van der Waals surface area contributed by atoms with Crippen molar-refractivity contribution in [1.82, 2.24) is 0 Å². The van der Waals surface area contributed by atoms with E-state index in [4.69, 9.17) is 25.7 Å². The second kappa shape index (κ2) is 12.3. The van der Waals surface area contributed by atoms with Crippen LogP contribution in [0.4, 0.5) is 24.5 Å². The highest BCUT2D eigenvalue weighted by atomic mass is 19.4. The van der Waals surface area contributed by atoms with Gasteiger partial charge in [0.25, 0.3) is 0 Å². The highest BCUT2D eigenvalue weighted by Gasteiger charge is 2.31. The maximum absolute atomic E-state index is 12.2. The minimum Gasteiger partial charge on any atom is -0.459 e. The highest BCUT2D eigenvalue weighted by molar-refractivity contribution is 5.92. The molecule has 3 aromatic rings. The number of halogens is 3. The predicted molar refractivity (Wildman–Crippen MR) is 130 cm³/mol. The van der Waals surface area contributed by atoms with E-state index in [0.717, 1.165) is 30.3 Å². The topological polar surface area (TPSA) is 140 Å². The summed E-state index contributed by atoms with van der Waals surface area (Å²) in [5.41, 5.74) is 12.7. The monoisotopic (exact) mass is 530 g/mol. The maximum Gasteiger partial charge on any atom is 0.573 e. The van der Waals surface area contributed by atoms with Crippen molar-refractivity contribution in [2.45, 2.75) is 6.36 Å². The molecule has 3 aromatic carbocycles. The van der Waals surface area contributed by atoms with E-state index >= 15 is 0 Å². The van der Waals surface area contributed by atoms with E-state index < -0.39 is 30.0 Å². The number of benzene rings is 3. The Hall–Kier alpha value is -5.00. The fourth-order valence-electron chi connectivity index (χ4n) is 2.97. The number of nitrogens with two attached hydrogens (primary N) is 2. The number of anilines is 2. The molecule has 0 fully saturated rings. The normalized spacial score (nSPS) is 11.1. The van der Waals surface area contributed by atoms with Gasteiger partial charge >= 0.3 is 24.3 Å². The summed E-state index contributed by atoms with van der Waals surface area (Å²) in [5.74, 6) is -2.41. The van der Waals surface area contributed by atoms with Gasteiger partial charge in [-0.15, -0.1) is 13.2 Å². The Balaban J connectivity index is 1.42. The average Bonchev–Trinajstić information content (AvgIpc) is 2.85. The minimum atomic E-state index is -4.84. The van der Waals surface area contributed by atoms with Crippen molar-refractivity contribution in [3.05, 3.63) is 89.5 Å². The first-order valence-electron chi connectivity index (χ1n) is 10.8. The second-order valence-corrected chi connectivity index (χ2v) is 7.56. The lowest BCUT2D eigenvalue weighted by Crippen LogP contribution is -2.17. The fourth-order valence-corrected chi connectivity index (χ4v) is 2.97. The zero-order valence-electron chi connectivity index (χ0n) is 19.6. The molecule has 0 bridgehead atoms. The van der Waals surface area contributed by atoms with Crippen LogP contribution in [0.15, 0.2) is 72.8 Å². The number of carbonyl (C=O) groups is 3. The highest BCUT2D eigenvalue weighted by Crippen LogP contribution is 2.23. The first kappa shape index (κ1) is 27.6. The first-order chi connectivity index (χ1) is 18.0. The van der Waals surface area contributed by atoms with E-state index in [-0.39, 0.29) is 30.1 Å². The Bertz CT molecular complexity index is 1300. The van der Waals surface area contributed by atoms with Gasteiger partial charge in [-0.25, -0.2) is 14.4 Å². The van der Waals surface area contributed by atoms with Gasteiger partial charge in [0, 0.05) is 17.5 Å². The van der Waals surface area contributed by atoms with Crippen LogP contribution in [0.25, 0.3) is 6.08 Å². The minimum absolute atomic E-state index is 0.0222. The molecule has 4 N–H and O–H groups in total. The van der Waals surface area contributed by atoms with Crippen LogP contribution in [0.1, 0.15) is 26.3 Å².